The fourth-order valence-corrected chi connectivity index (χ4v) is 18.6. The van der Waals surface area contributed by atoms with Gasteiger partial charge in [0.25, 0.3) is 6.71 Å². The van der Waals surface area contributed by atoms with E-state index in [0.29, 0.717) is 17.3 Å². The van der Waals surface area contributed by atoms with Gasteiger partial charge in [0.05, 0.1) is 11.0 Å². The average Bonchev–Trinajstić information content (AvgIpc) is 3.71. The van der Waals surface area contributed by atoms with Gasteiger partial charge >= 0.3 is 0 Å². The normalized spacial score (nSPS) is 29.6. The Bertz CT molecular complexity index is 3190. The molecule has 6 saturated carbocycles. The molecule has 0 amide bonds. The number of fused-ring (bicyclic) bond motifs is 10. The first kappa shape index (κ1) is 37.9. The predicted octanol–water partition coefficient (Wildman–Crippen LogP) is 13.2. The molecule has 5 heterocycles. The maximum absolute atomic E-state index is 2.84. The monoisotopic (exact) mass is 839 g/mol. The van der Waals surface area contributed by atoms with E-state index in [1.165, 1.54) is 109 Å². The summed E-state index contributed by atoms with van der Waals surface area (Å²) in [6.07, 6.45) is 7.30. The van der Waals surface area contributed by atoms with Gasteiger partial charge in [-0.2, -0.15) is 0 Å². The van der Waals surface area contributed by atoms with Crippen LogP contribution >= 0.6 is 0 Å². The Morgan fingerprint density at radius 3 is 1.58 bits per heavy atom. The van der Waals surface area contributed by atoms with Crippen LogP contribution in [0, 0.1) is 46.8 Å². The summed E-state index contributed by atoms with van der Waals surface area (Å²) in [5.41, 5.74) is 23.6. The predicted molar refractivity (Wildman–Crippen MR) is 271 cm³/mol. The SMILES string of the molecule is CC1CC2CC3C4CC5CC(C3C14C5)C21c2ccc3c4c(C(C)(C)C)cc(C(C)(C)C)cc4n4c3c2B2c3c-4cccc3-n3c4cc(C(C)(C)C)cc(C(C)(C)C)c4c4ccc1c2c43. The molecule has 6 aliphatic carbocycles. The van der Waals surface area contributed by atoms with Gasteiger partial charge < -0.3 is 9.13 Å². The molecule has 3 aliphatic heterocycles. The molecule has 6 fully saturated rings. The summed E-state index contributed by atoms with van der Waals surface area (Å²) >= 11 is 0. The Morgan fingerprint density at radius 1 is 0.562 bits per heavy atom. The smallest absolute Gasteiger partial charge is 0.253 e. The second-order valence-electron chi connectivity index (χ2n) is 27.5. The van der Waals surface area contributed by atoms with Crippen LogP contribution in [-0.2, 0) is 27.1 Å². The van der Waals surface area contributed by atoms with Crippen LogP contribution in [0.15, 0.2) is 66.7 Å². The van der Waals surface area contributed by atoms with Crippen LogP contribution in [0.25, 0.3) is 55.0 Å². The summed E-state index contributed by atoms with van der Waals surface area (Å²) in [5.74, 6) is 5.89. The Balaban J connectivity index is 1.19. The van der Waals surface area contributed by atoms with Gasteiger partial charge in [0.15, 0.2) is 0 Å². The minimum Gasteiger partial charge on any atom is -0.310 e. The van der Waals surface area contributed by atoms with Gasteiger partial charge in [0.1, 0.15) is 0 Å². The number of hydrogen-bond acceptors (Lipinski definition) is 0. The topological polar surface area (TPSA) is 9.86 Å². The molecule has 16 rings (SSSR count). The fraction of sp³-hybridized carbons (Fsp3) is 0.508. The first-order valence-corrected chi connectivity index (χ1v) is 25.6. The van der Waals surface area contributed by atoms with E-state index in [9.17, 15) is 0 Å². The molecule has 0 N–H and O–H groups in total. The van der Waals surface area contributed by atoms with Crippen LogP contribution in [0.2, 0.25) is 0 Å². The number of nitrogens with zero attached hydrogens (tertiary/aromatic N) is 2. The lowest BCUT2D eigenvalue weighted by molar-refractivity contribution is -0.188. The highest BCUT2D eigenvalue weighted by atomic mass is 15.0. The van der Waals surface area contributed by atoms with Gasteiger partial charge in [-0.25, -0.2) is 0 Å². The van der Waals surface area contributed by atoms with E-state index >= 15 is 0 Å². The van der Waals surface area contributed by atoms with E-state index in [2.05, 4.69) is 166 Å². The zero-order valence-corrected chi connectivity index (χ0v) is 40.9. The fourth-order valence-electron chi connectivity index (χ4n) is 18.6. The van der Waals surface area contributed by atoms with Crippen molar-refractivity contribution < 1.29 is 0 Å². The number of hydrogen-bond donors (Lipinski definition) is 0. The highest BCUT2D eigenvalue weighted by molar-refractivity contribution is 7.01. The molecular formula is C61H67BN2. The van der Waals surface area contributed by atoms with Gasteiger partial charge in [-0.3, -0.25) is 0 Å². The molecule has 7 aromatic rings. The first-order chi connectivity index (χ1) is 30.2. The van der Waals surface area contributed by atoms with Gasteiger partial charge in [0, 0.05) is 49.4 Å². The molecule has 5 aromatic carbocycles. The molecule has 64 heavy (non-hydrogen) atoms. The average molecular weight is 839 g/mol. The van der Waals surface area contributed by atoms with E-state index in [-0.39, 0.29) is 33.8 Å². The summed E-state index contributed by atoms with van der Waals surface area (Å²) < 4.78 is 5.68. The van der Waals surface area contributed by atoms with Crippen molar-refractivity contribution in [3.63, 3.8) is 0 Å². The van der Waals surface area contributed by atoms with E-state index in [1.807, 2.05) is 0 Å². The van der Waals surface area contributed by atoms with Crippen molar-refractivity contribution in [1.29, 1.82) is 0 Å². The van der Waals surface area contributed by atoms with Crippen LogP contribution in [0.1, 0.15) is 155 Å². The summed E-state index contributed by atoms with van der Waals surface area (Å²) in [6, 6.07) is 28.8. The van der Waals surface area contributed by atoms with Crippen molar-refractivity contribution in [1.82, 2.24) is 9.13 Å². The Kier molecular flexibility index (Phi) is 6.40. The number of benzene rings is 5. The van der Waals surface area contributed by atoms with Crippen molar-refractivity contribution in [3.8, 4) is 11.4 Å². The van der Waals surface area contributed by atoms with Crippen molar-refractivity contribution in [2.45, 2.75) is 149 Å². The van der Waals surface area contributed by atoms with E-state index in [4.69, 9.17) is 0 Å². The lowest BCUT2D eigenvalue weighted by Gasteiger charge is -2.70. The molecule has 2 aromatic heterocycles. The third kappa shape index (κ3) is 3.89. The van der Waals surface area contributed by atoms with Crippen molar-refractivity contribution in [2.24, 2.45) is 46.8 Å². The van der Waals surface area contributed by atoms with Crippen molar-refractivity contribution in [2.75, 3.05) is 0 Å². The molecule has 2 nitrogen and oxygen atoms in total. The van der Waals surface area contributed by atoms with Crippen molar-refractivity contribution >= 4 is 66.7 Å². The van der Waals surface area contributed by atoms with Gasteiger partial charge in [-0.05, 0) is 175 Å². The molecular weight excluding hydrogens is 771 g/mol. The summed E-state index contributed by atoms with van der Waals surface area (Å²) in [4.78, 5) is 0. The van der Waals surface area contributed by atoms with E-state index < -0.39 is 0 Å². The lowest BCUT2D eigenvalue weighted by atomic mass is 9.26. The Labute approximate surface area is 381 Å². The van der Waals surface area contributed by atoms with Crippen LogP contribution in [0.5, 0.6) is 0 Å². The minimum atomic E-state index is -0.0117. The third-order valence-electron chi connectivity index (χ3n) is 20.7. The highest BCUT2D eigenvalue weighted by Gasteiger charge is 2.80. The Morgan fingerprint density at radius 2 is 1.08 bits per heavy atom. The lowest BCUT2D eigenvalue weighted by Crippen LogP contribution is -2.72. The number of rotatable bonds is 0. The molecule has 324 valence electrons. The maximum atomic E-state index is 2.84. The second-order valence-corrected chi connectivity index (χ2v) is 27.5. The zero-order chi connectivity index (χ0) is 44.1. The summed E-state index contributed by atoms with van der Waals surface area (Å²) in [7, 11) is 0. The molecule has 8 unspecified atom stereocenters. The third-order valence-corrected chi connectivity index (χ3v) is 20.7. The molecule has 0 radical (unpaired) electrons. The molecule has 3 heteroatoms. The van der Waals surface area contributed by atoms with Crippen LogP contribution < -0.4 is 16.4 Å². The molecule has 0 saturated heterocycles. The second kappa shape index (κ2) is 10.8. The largest absolute Gasteiger partial charge is 0.310 e. The quantitative estimate of drug-likeness (QED) is 0.135. The van der Waals surface area contributed by atoms with E-state index in [0.717, 1.165) is 29.6 Å². The zero-order valence-electron chi connectivity index (χ0n) is 40.9. The van der Waals surface area contributed by atoms with Crippen LogP contribution in [0.3, 0.4) is 0 Å². The summed E-state index contributed by atoms with van der Waals surface area (Å²) in [6.45, 7) is 32.2. The highest BCUT2D eigenvalue weighted by Crippen LogP contribution is 2.84. The van der Waals surface area contributed by atoms with Crippen LogP contribution in [0.4, 0.5) is 0 Å². The minimum absolute atomic E-state index is 0.0117. The summed E-state index contributed by atoms with van der Waals surface area (Å²) in [5, 5.41) is 5.93. The van der Waals surface area contributed by atoms with Gasteiger partial charge in [-0.1, -0.05) is 132 Å². The van der Waals surface area contributed by atoms with Crippen molar-refractivity contribution in [3.05, 3.63) is 100 Å². The number of aromatic nitrogens is 2. The Hall–Kier alpha value is -4.24. The van der Waals surface area contributed by atoms with Gasteiger partial charge in [0.2, 0.25) is 0 Å². The van der Waals surface area contributed by atoms with Gasteiger partial charge in [-0.15, -0.1) is 0 Å². The molecule has 9 aliphatic rings. The van der Waals surface area contributed by atoms with E-state index in [1.54, 1.807) is 27.5 Å². The maximum Gasteiger partial charge on any atom is 0.253 e. The first-order valence-electron chi connectivity index (χ1n) is 25.6. The van der Waals surface area contributed by atoms with Crippen LogP contribution in [-0.4, -0.2) is 15.8 Å². The molecule has 6 bridgehead atoms. The standard InChI is InChI=1S/C61H67BN2/c1-30-21-34-24-37-40-22-31-23-43(50(37)60(30,40)29-31)61(34)38-19-17-35-48-41(58(8,9)10)25-32(56(2,3)4)27-46(48)63-44-15-14-16-45-53(44)62(51(38)54(35)63)52-39(61)20-18-36-49-42(59(11,12)13)26-33(57(5,6)7)28-47(49)64(45)55(36)52/h14-20,25-28,30-31,34,37,40,43,50H,21-24,29H2,1-13H3. The molecule has 8 atom stereocenters. The molecule has 2 spiro atoms.